The van der Waals surface area contributed by atoms with Gasteiger partial charge in [0.05, 0.1) is 24.2 Å². The van der Waals surface area contributed by atoms with Gasteiger partial charge in [-0.2, -0.15) is 4.31 Å². The minimum atomic E-state index is -4.12. The van der Waals surface area contributed by atoms with Crippen LogP contribution < -0.4 is 4.74 Å². The van der Waals surface area contributed by atoms with Crippen molar-refractivity contribution in [1.29, 1.82) is 0 Å². The number of carbonyl (C=O) groups is 2. The summed E-state index contributed by atoms with van der Waals surface area (Å²) in [7, 11) is -2.88. The molecule has 0 fully saturated rings. The molecule has 0 radical (unpaired) electrons. The van der Waals surface area contributed by atoms with Gasteiger partial charge in [-0.25, -0.2) is 13.2 Å². The maximum atomic E-state index is 13.6. The van der Waals surface area contributed by atoms with Crippen molar-refractivity contribution in [1.82, 2.24) is 4.31 Å². The van der Waals surface area contributed by atoms with E-state index in [-0.39, 0.29) is 23.6 Å². The molecule has 0 unspecified atom stereocenters. The smallest absolute Gasteiger partial charge is 0.338 e. The van der Waals surface area contributed by atoms with E-state index in [0.29, 0.717) is 23.5 Å². The van der Waals surface area contributed by atoms with Crippen LogP contribution in [-0.4, -0.2) is 44.9 Å². The van der Waals surface area contributed by atoms with Crippen LogP contribution in [0, 0.1) is 6.92 Å². The Morgan fingerprint density at radius 1 is 0.919 bits per heavy atom. The number of ether oxygens (including phenoxy) is 3. The molecule has 0 atom stereocenters. The van der Waals surface area contributed by atoms with Crippen molar-refractivity contribution in [2.45, 2.75) is 38.1 Å². The van der Waals surface area contributed by atoms with E-state index in [1.54, 1.807) is 36.4 Å². The average Bonchev–Trinajstić information content (AvgIpc) is 2.89. The summed E-state index contributed by atoms with van der Waals surface area (Å²) < 4.78 is 44.3. The number of benzene rings is 3. The van der Waals surface area contributed by atoms with E-state index in [1.807, 2.05) is 32.0 Å². The van der Waals surface area contributed by atoms with Crippen molar-refractivity contribution in [2.75, 3.05) is 20.3 Å². The predicted octanol–water partition coefficient (Wildman–Crippen LogP) is 5.11. The van der Waals surface area contributed by atoms with Gasteiger partial charge in [0.15, 0.2) is 0 Å². The van der Waals surface area contributed by atoms with E-state index in [4.69, 9.17) is 14.2 Å². The quantitative estimate of drug-likeness (QED) is 0.239. The van der Waals surface area contributed by atoms with Gasteiger partial charge in [0.25, 0.3) is 0 Å². The number of carbonyl (C=O) groups excluding carboxylic acids is 2. The Hall–Kier alpha value is -3.69. The van der Waals surface area contributed by atoms with Crippen molar-refractivity contribution in [3.63, 3.8) is 0 Å². The number of hydrogen-bond donors (Lipinski definition) is 0. The number of hydrogen-bond acceptors (Lipinski definition) is 7. The fraction of sp³-hybridized carbons (Fsp3) is 0.286. The maximum absolute atomic E-state index is 13.6. The van der Waals surface area contributed by atoms with Gasteiger partial charge in [0.2, 0.25) is 10.0 Å². The number of nitrogens with zero attached hydrogens (tertiary/aromatic N) is 1. The van der Waals surface area contributed by atoms with E-state index >= 15 is 0 Å². The molecule has 0 saturated heterocycles. The van der Waals surface area contributed by atoms with Gasteiger partial charge in [0, 0.05) is 6.54 Å². The summed E-state index contributed by atoms with van der Waals surface area (Å²) in [5, 5.41) is 0. The Morgan fingerprint density at radius 2 is 1.62 bits per heavy atom. The van der Waals surface area contributed by atoms with E-state index in [9.17, 15) is 18.0 Å². The lowest BCUT2D eigenvalue weighted by atomic mass is 10.1. The van der Waals surface area contributed by atoms with E-state index in [1.165, 1.54) is 25.3 Å². The van der Waals surface area contributed by atoms with Gasteiger partial charge in [-0.05, 0) is 61.4 Å². The van der Waals surface area contributed by atoms with Gasteiger partial charge in [-0.1, -0.05) is 49.2 Å². The van der Waals surface area contributed by atoms with E-state index in [2.05, 4.69) is 0 Å². The predicted molar refractivity (Wildman–Crippen MR) is 139 cm³/mol. The lowest BCUT2D eigenvalue weighted by Gasteiger charge is -2.23. The first-order valence-corrected chi connectivity index (χ1v) is 13.3. The Morgan fingerprint density at radius 3 is 2.27 bits per heavy atom. The van der Waals surface area contributed by atoms with Crippen molar-refractivity contribution in [2.24, 2.45) is 0 Å². The minimum Gasteiger partial charge on any atom is -0.465 e. The highest BCUT2D eigenvalue weighted by Gasteiger charge is 2.29. The van der Waals surface area contributed by atoms with Crippen LogP contribution in [0.2, 0.25) is 0 Å². The Kier molecular flexibility index (Phi) is 9.82. The summed E-state index contributed by atoms with van der Waals surface area (Å²) in [6.07, 6.45) is 1.50. The van der Waals surface area contributed by atoms with Crippen molar-refractivity contribution < 1.29 is 32.2 Å². The summed E-state index contributed by atoms with van der Waals surface area (Å²) in [6, 6.07) is 20.0. The van der Waals surface area contributed by atoms with Crippen LogP contribution >= 0.6 is 0 Å². The number of methoxy groups -OCH3 is 1. The molecule has 0 aliphatic rings. The molecule has 8 nitrogen and oxygen atoms in total. The Balaban J connectivity index is 2.00. The summed E-state index contributed by atoms with van der Waals surface area (Å²) in [5.74, 6) is -0.352. The molecular weight excluding hydrogens is 494 g/mol. The zero-order valence-corrected chi connectivity index (χ0v) is 22.0. The molecule has 3 aromatic carbocycles. The van der Waals surface area contributed by atoms with E-state index < -0.39 is 28.5 Å². The Bertz CT molecular complexity index is 1310. The molecule has 0 aromatic heterocycles. The zero-order valence-electron chi connectivity index (χ0n) is 21.2. The van der Waals surface area contributed by atoms with Crippen LogP contribution in [0.15, 0.2) is 77.7 Å². The number of esters is 2. The first-order valence-electron chi connectivity index (χ1n) is 11.9. The normalized spacial score (nSPS) is 11.2. The molecule has 196 valence electrons. The first-order chi connectivity index (χ1) is 17.7. The van der Waals surface area contributed by atoms with Crippen LogP contribution in [0.25, 0.3) is 0 Å². The molecule has 0 saturated carbocycles. The summed E-state index contributed by atoms with van der Waals surface area (Å²) in [5.41, 5.74) is 1.37. The van der Waals surface area contributed by atoms with Crippen LogP contribution in [0.1, 0.15) is 41.3 Å². The van der Waals surface area contributed by atoms with Gasteiger partial charge in [0.1, 0.15) is 18.0 Å². The summed E-state index contributed by atoms with van der Waals surface area (Å²) in [6.45, 7) is 3.20. The van der Waals surface area contributed by atoms with Crippen LogP contribution in [0.4, 0.5) is 0 Å². The molecule has 0 N–H and O–H groups in total. The second kappa shape index (κ2) is 13.0. The molecule has 0 aliphatic heterocycles. The lowest BCUT2D eigenvalue weighted by molar-refractivity contribution is -0.144. The van der Waals surface area contributed by atoms with Crippen LogP contribution in [-0.2, 0) is 30.8 Å². The third kappa shape index (κ3) is 7.65. The number of rotatable bonds is 12. The molecule has 0 aliphatic carbocycles. The lowest BCUT2D eigenvalue weighted by Crippen LogP contribution is -2.36. The topological polar surface area (TPSA) is 99.2 Å². The van der Waals surface area contributed by atoms with Crippen molar-refractivity contribution in [3.8, 4) is 11.5 Å². The monoisotopic (exact) mass is 525 g/mol. The molecule has 0 bridgehead atoms. The Labute approximate surface area is 217 Å². The van der Waals surface area contributed by atoms with Gasteiger partial charge in [-0.3, -0.25) is 4.79 Å². The number of aryl methyl sites for hydroxylation is 1. The van der Waals surface area contributed by atoms with Gasteiger partial charge in [-0.15, -0.1) is 0 Å². The third-order valence-electron chi connectivity index (χ3n) is 5.53. The first kappa shape index (κ1) is 27.9. The molecule has 3 aromatic rings. The second-order valence-corrected chi connectivity index (χ2v) is 10.3. The largest absolute Gasteiger partial charge is 0.465 e. The number of unbranched alkanes of at least 4 members (excludes halogenated alkanes) is 1. The maximum Gasteiger partial charge on any atom is 0.338 e. The van der Waals surface area contributed by atoms with Crippen molar-refractivity contribution >= 4 is 22.0 Å². The highest BCUT2D eigenvalue weighted by atomic mass is 32.2. The molecule has 0 heterocycles. The molecule has 0 amide bonds. The molecule has 0 spiro atoms. The summed E-state index contributed by atoms with van der Waals surface area (Å²) >= 11 is 0. The standard InChI is InChI=1S/C28H31NO7S/c1-4-5-17-35-27(30)20-29(37(32,33)25-14-11-21(2)12-15-25)19-22-18-24(13-16-26(22)28(31)34-3)36-23-9-7-6-8-10-23/h6-16,18H,4-5,17,19-20H2,1-3H3. The van der Waals surface area contributed by atoms with Crippen molar-refractivity contribution in [3.05, 3.63) is 89.5 Å². The molecular formula is C28H31NO7S. The number of para-hydroxylation sites is 1. The third-order valence-corrected chi connectivity index (χ3v) is 7.34. The SMILES string of the molecule is CCCCOC(=O)CN(Cc1cc(Oc2ccccc2)ccc1C(=O)OC)S(=O)(=O)c1ccc(C)cc1. The average molecular weight is 526 g/mol. The zero-order chi connectivity index (χ0) is 26.8. The number of sulfonamides is 1. The fourth-order valence-corrected chi connectivity index (χ4v) is 4.86. The minimum absolute atomic E-state index is 0.0239. The molecule has 3 rings (SSSR count). The highest BCUT2D eigenvalue weighted by Crippen LogP contribution is 2.27. The van der Waals surface area contributed by atoms with Crippen LogP contribution in [0.3, 0.4) is 0 Å². The highest BCUT2D eigenvalue weighted by molar-refractivity contribution is 7.89. The van der Waals surface area contributed by atoms with Gasteiger partial charge >= 0.3 is 11.9 Å². The van der Waals surface area contributed by atoms with E-state index in [0.717, 1.165) is 16.3 Å². The second-order valence-electron chi connectivity index (χ2n) is 8.39. The van der Waals surface area contributed by atoms with Crippen LogP contribution in [0.5, 0.6) is 11.5 Å². The molecule has 37 heavy (non-hydrogen) atoms. The van der Waals surface area contributed by atoms with Gasteiger partial charge < -0.3 is 14.2 Å². The summed E-state index contributed by atoms with van der Waals surface area (Å²) in [4.78, 5) is 25.1. The fourth-order valence-electron chi connectivity index (χ4n) is 3.49. The molecule has 9 heteroatoms.